The summed E-state index contributed by atoms with van der Waals surface area (Å²) in [4.78, 5) is 24.1. The van der Waals surface area contributed by atoms with Crippen LogP contribution in [0.1, 0.15) is 39.5 Å². The second kappa shape index (κ2) is 9.46. The van der Waals surface area contributed by atoms with E-state index in [1.54, 1.807) is 0 Å². The standard InChI is InChI=1S/C22H28ClN3O7S/c1-3-14(16-7-4-11(2)33-16)24-17-18(21(30)20(17)29)25-15-6-5-13(23)22(19(15)28)34(31,32)26-9-8-12(27)10-26/h5-6,11-12,14,16,24-25,27-28H,3-4,7-10H2,1-2H3/t11-,12+,14-,16-/m1/s1. The fraction of sp³-hybridized carbons (Fsp3) is 0.545. The first-order valence-electron chi connectivity index (χ1n) is 11.3. The summed E-state index contributed by atoms with van der Waals surface area (Å²) in [6.45, 7) is 3.90. The average molecular weight is 514 g/mol. The number of rotatable bonds is 8. The van der Waals surface area contributed by atoms with Gasteiger partial charge in [0.15, 0.2) is 5.75 Å². The number of hydrogen-bond acceptors (Lipinski definition) is 9. The molecule has 0 aromatic heterocycles. The van der Waals surface area contributed by atoms with E-state index in [-0.39, 0.29) is 59.8 Å². The summed E-state index contributed by atoms with van der Waals surface area (Å²) in [5.74, 6) is -0.673. The van der Waals surface area contributed by atoms with E-state index in [0.29, 0.717) is 6.42 Å². The van der Waals surface area contributed by atoms with E-state index in [1.165, 1.54) is 12.1 Å². The molecule has 0 radical (unpaired) electrons. The van der Waals surface area contributed by atoms with Gasteiger partial charge in [0.2, 0.25) is 10.0 Å². The van der Waals surface area contributed by atoms with Crippen molar-refractivity contribution in [2.45, 2.75) is 68.8 Å². The third kappa shape index (κ3) is 4.42. The second-order valence-corrected chi connectivity index (χ2v) is 11.1. The zero-order chi connectivity index (χ0) is 24.8. The van der Waals surface area contributed by atoms with E-state index in [1.807, 2.05) is 13.8 Å². The van der Waals surface area contributed by atoms with Crippen LogP contribution in [-0.2, 0) is 14.8 Å². The number of sulfonamides is 1. The lowest BCUT2D eigenvalue weighted by Crippen LogP contribution is -2.42. The Morgan fingerprint density at radius 3 is 2.50 bits per heavy atom. The zero-order valence-electron chi connectivity index (χ0n) is 18.9. The molecule has 186 valence electrons. The van der Waals surface area contributed by atoms with Gasteiger partial charge in [0.25, 0.3) is 10.9 Å². The monoisotopic (exact) mass is 513 g/mol. The highest BCUT2D eigenvalue weighted by atomic mass is 35.5. The van der Waals surface area contributed by atoms with Crippen molar-refractivity contribution in [1.29, 1.82) is 0 Å². The molecule has 34 heavy (non-hydrogen) atoms. The summed E-state index contributed by atoms with van der Waals surface area (Å²) in [7, 11) is -4.21. The van der Waals surface area contributed by atoms with Gasteiger partial charge in [-0.2, -0.15) is 4.31 Å². The number of nitrogens with one attached hydrogen (secondary N) is 2. The molecule has 0 saturated carbocycles. The Morgan fingerprint density at radius 2 is 1.91 bits per heavy atom. The fourth-order valence-electron chi connectivity index (χ4n) is 4.51. The Balaban J connectivity index is 1.62. The molecular formula is C22H28ClN3O7S. The minimum Gasteiger partial charge on any atom is -0.504 e. The number of benzene rings is 1. The summed E-state index contributed by atoms with van der Waals surface area (Å²) in [5, 5.41) is 26.1. The van der Waals surface area contributed by atoms with E-state index >= 15 is 0 Å². The number of hydrogen-bond donors (Lipinski definition) is 4. The van der Waals surface area contributed by atoms with Gasteiger partial charge in [-0.25, -0.2) is 8.42 Å². The minimum absolute atomic E-state index is 0.0629. The first kappa shape index (κ1) is 24.9. The van der Waals surface area contributed by atoms with Crippen LogP contribution < -0.4 is 21.5 Å². The summed E-state index contributed by atoms with van der Waals surface area (Å²) in [6.07, 6.45) is 1.89. The molecule has 2 aromatic carbocycles. The van der Waals surface area contributed by atoms with Crippen LogP contribution in [-0.4, -0.2) is 60.4 Å². The quantitative estimate of drug-likeness (QED) is 0.307. The smallest absolute Gasteiger partial charge is 0.253 e. The molecule has 4 N–H and O–H groups in total. The van der Waals surface area contributed by atoms with Crippen molar-refractivity contribution in [3.05, 3.63) is 37.6 Å². The van der Waals surface area contributed by atoms with Gasteiger partial charge in [0, 0.05) is 13.1 Å². The number of phenols is 1. The number of β-amino-alcohol motifs (C(OH)–C–C–N with tert-alkyl or cyclic N) is 1. The Hall–Kier alpha value is -2.18. The number of aliphatic hydroxyl groups is 1. The number of anilines is 3. The van der Waals surface area contributed by atoms with Crippen LogP contribution in [0.2, 0.25) is 5.02 Å². The number of ether oxygens (including phenoxy) is 1. The molecule has 2 fully saturated rings. The summed E-state index contributed by atoms with van der Waals surface area (Å²) in [5.41, 5.74) is -1.55. The van der Waals surface area contributed by atoms with Crippen LogP contribution in [0.15, 0.2) is 26.6 Å². The Kier molecular flexibility index (Phi) is 6.94. The topological polar surface area (TPSA) is 145 Å². The van der Waals surface area contributed by atoms with E-state index in [2.05, 4.69) is 10.6 Å². The van der Waals surface area contributed by atoms with Crippen molar-refractivity contribution in [2.24, 2.45) is 0 Å². The van der Waals surface area contributed by atoms with Gasteiger partial charge in [-0.05, 0) is 44.7 Å². The van der Waals surface area contributed by atoms with Crippen molar-refractivity contribution in [2.75, 3.05) is 23.7 Å². The molecule has 2 saturated heterocycles. The molecule has 4 rings (SSSR count). The van der Waals surface area contributed by atoms with Crippen molar-refractivity contribution in [3.63, 3.8) is 0 Å². The highest BCUT2D eigenvalue weighted by molar-refractivity contribution is 7.89. The molecule has 10 nitrogen and oxygen atoms in total. The van der Waals surface area contributed by atoms with Crippen molar-refractivity contribution >= 4 is 38.7 Å². The van der Waals surface area contributed by atoms with Crippen molar-refractivity contribution in [3.8, 4) is 5.75 Å². The second-order valence-electron chi connectivity index (χ2n) is 8.83. The third-order valence-corrected chi connectivity index (χ3v) is 8.83. The van der Waals surface area contributed by atoms with Gasteiger partial charge in [-0.15, -0.1) is 0 Å². The van der Waals surface area contributed by atoms with Crippen LogP contribution in [0.25, 0.3) is 0 Å². The number of phenolic OH excluding ortho intramolecular Hbond substituents is 1. The van der Waals surface area contributed by atoms with Crippen LogP contribution in [0.5, 0.6) is 5.75 Å². The molecule has 2 aromatic rings. The molecular weight excluding hydrogens is 486 g/mol. The molecule has 12 heteroatoms. The van der Waals surface area contributed by atoms with Crippen LogP contribution in [0.3, 0.4) is 0 Å². The lowest BCUT2D eigenvalue weighted by molar-refractivity contribution is 0.0438. The maximum atomic E-state index is 13.1. The summed E-state index contributed by atoms with van der Waals surface area (Å²) in [6, 6.07) is 2.42. The molecule has 0 aliphatic carbocycles. The lowest BCUT2D eigenvalue weighted by Gasteiger charge is -2.26. The van der Waals surface area contributed by atoms with E-state index in [4.69, 9.17) is 16.3 Å². The van der Waals surface area contributed by atoms with Gasteiger partial charge < -0.3 is 25.6 Å². The summed E-state index contributed by atoms with van der Waals surface area (Å²) >= 11 is 6.12. The normalized spacial score (nSPS) is 24.5. The highest BCUT2D eigenvalue weighted by Crippen LogP contribution is 2.41. The van der Waals surface area contributed by atoms with Crippen molar-refractivity contribution in [1.82, 2.24) is 4.31 Å². The third-order valence-electron chi connectivity index (χ3n) is 6.46. The van der Waals surface area contributed by atoms with E-state index in [0.717, 1.165) is 17.1 Å². The Labute approximate surface area is 202 Å². The van der Waals surface area contributed by atoms with Gasteiger partial charge in [0.1, 0.15) is 16.3 Å². The maximum absolute atomic E-state index is 13.1. The number of nitrogens with zero attached hydrogens (tertiary/aromatic N) is 1. The number of aromatic hydroxyl groups is 1. The van der Waals surface area contributed by atoms with E-state index in [9.17, 15) is 28.2 Å². The van der Waals surface area contributed by atoms with Crippen LogP contribution >= 0.6 is 11.6 Å². The number of aliphatic hydroxyl groups excluding tert-OH is 1. The molecule has 2 aliphatic heterocycles. The number of halogens is 1. The van der Waals surface area contributed by atoms with Gasteiger partial charge in [0.05, 0.1) is 35.1 Å². The first-order chi connectivity index (χ1) is 16.0. The first-order valence-corrected chi connectivity index (χ1v) is 13.1. The SMILES string of the molecule is CC[C@@H](Nc1c(Nc2ccc(Cl)c(S(=O)(=O)N3CC[C@H](O)C3)c2O)c(=O)c1=O)[C@H]1CC[C@@H](C)O1. The van der Waals surface area contributed by atoms with Crippen LogP contribution in [0, 0.1) is 0 Å². The van der Waals surface area contributed by atoms with Gasteiger partial charge in [-0.1, -0.05) is 18.5 Å². The lowest BCUT2D eigenvalue weighted by atomic mass is 10.0. The maximum Gasteiger partial charge on any atom is 0.253 e. The Morgan fingerprint density at radius 1 is 1.21 bits per heavy atom. The van der Waals surface area contributed by atoms with Gasteiger partial charge in [-0.3, -0.25) is 9.59 Å². The van der Waals surface area contributed by atoms with E-state index < -0.39 is 37.6 Å². The van der Waals surface area contributed by atoms with Crippen LogP contribution in [0.4, 0.5) is 17.1 Å². The summed E-state index contributed by atoms with van der Waals surface area (Å²) < 4.78 is 33.1. The molecule has 0 amide bonds. The molecule has 0 unspecified atom stereocenters. The molecule has 2 heterocycles. The molecule has 0 bridgehead atoms. The predicted octanol–water partition coefficient (Wildman–Crippen LogP) is 1.90. The minimum atomic E-state index is -4.21. The average Bonchev–Trinajstić information content (AvgIpc) is 3.43. The fourth-order valence-corrected chi connectivity index (χ4v) is 6.59. The largest absolute Gasteiger partial charge is 0.504 e. The van der Waals surface area contributed by atoms with Crippen molar-refractivity contribution < 1.29 is 23.4 Å². The highest BCUT2D eigenvalue weighted by Gasteiger charge is 2.36. The zero-order valence-corrected chi connectivity index (χ0v) is 20.4. The predicted molar refractivity (Wildman–Crippen MR) is 128 cm³/mol. The molecule has 4 atom stereocenters. The molecule has 0 spiro atoms. The van der Waals surface area contributed by atoms with Gasteiger partial charge >= 0.3 is 0 Å². The Bertz CT molecular complexity index is 1260. The molecule has 2 aliphatic rings.